The van der Waals surface area contributed by atoms with Gasteiger partial charge in [-0.1, -0.05) is 40.1 Å². The summed E-state index contributed by atoms with van der Waals surface area (Å²) in [6, 6.07) is 6.49. The van der Waals surface area contributed by atoms with Gasteiger partial charge in [-0.05, 0) is 38.4 Å². The van der Waals surface area contributed by atoms with Gasteiger partial charge in [-0.2, -0.15) is 0 Å². The quantitative estimate of drug-likeness (QED) is 0.353. The van der Waals surface area contributed by atoms with Gasteiger partial charge in [0.25, 0.3) is 5.91 Å². The van der Waals surface area contributed by atoms with E-state index in [9.17, 15) is 14.7 Å². The van der Waals surface area contributed by atoms with E-state index in [-0.39, 0.29) is 23.1 Å². The minimum atomic E-state index is -0.283. The number of hydrogen-bond acceptors (Lipinski definition) is 6. The first-order valence-electron chi connectivity index (χ1n) is 9.86. The van der Waals surface area contributed by atoms with E-state index >= 15 is 0 Å². The summed E-state index contributed by atoms with van der Waals surface area (Å²) in [6.07, 6.45) is 5.22. The van der Waals surface area contributed by atoms with Crippen LogP contribution in [0.15, 0.2) is 24.3 Å². The van der Waals surface area contributed by atoms with Crippen molar-refractivity contribution in [3.8, 4) is 5.75 Å². The molecule has 0 aromatic heterocycles. The first-order chi connectivity index (χ1) is 13.6. The molecule has 28 heavy (non-hydrogen) atoms. The third-order valence-corrected chi connectivity index (χ3v) is 7.66. The van der Waals surface area contributed by atoms with Crippen LogP contribution in [-0.4, -0.2) is 66.1 Å². The normalized spacial score (nSPS) is 16.3. The molecule has 0 unspecified atom stereocenters. The molecule has 1 aliphatic rings. The van der Waals surface area contributed by atoms with Crippen molar-refractivity contribution in [2.24, 2.45) is 0 Å². The number of para-hydroxylation sites is 1. The van der Waals surface area contributed by atoms with Crippen LogP contribution < -0.4 is 10.6 Å². The fourth-order valence-electron chi connectivity index (χ4n) is 2.93. The smallest absolute Gasteiger partial charge is 0.255 e. The van der Waals surface area contributed by atoms with Crippen LogP contribution in [0.3, 0.4) is 0 Å². The van der Waals surface area contributed by atoms with E-state index < -0.39 is 0 Å². The summed E-state index contributed by atoms with van der Waals surface area (Å²) in [6.45, 7) is 2.49. The predicted molar refractivity (Wildman–Crippen MR) is 118 cm³/mol. The number of phenols is 1. The van der Waals surface area contributed by atoms with Crippen LogP contribution >= 0.6 is 21.6 Å². The van der Waals surface area contributed by atoms with Crippen molar-refractivity contribution >= 4 is 33.4 Å². The van der Waals surface area contributed by atoms with Crippen molar-refractivity contribution in [2.45, 2.75) is 37.4 Å². The van der Waals surface area contributed by atoms with Gasteiger partial charge in [0.1, 0.15) is 5.75 Å². The zero-order chi connectivity index (χ0) is 20.2. The average Bonchev–Trinajstić information content (AvgIpc) is 3.19. The number of nitrogens with one attached hydrogen (secondary N) is 2. The van der Waals surface area contributed by atoms with Gasteiger partial charge in [0.15, 0.2) is 0 Å². The molecule has 1 aromatic rings. The summed E-state index contributed by atoms with van der Waals surface area (Å²) >= 11 is 0. The monoisotopic (exact) mass is 425 g/mol. The Kier molecular flexibility index (Phi) is 10.6. The highest BCUT2D eigenvalue weighted by Crippen LogP contribution is 2.39. The average molecular weight is 426 g/mol. The summed E-state index contributed by atoms with van der Waals surface area (Å²) in [5.41, 5.74) is 0.280. The summed E-state index contributed by atoms with van der Waals surface area (Å²) in [5, 5.41) is 16.2. The zero-order valence-electron chi connectivity index (χ0n) is 16.5. The van der Waals surface area contributed by atoms with Crippen LogP contribution in [0.2, 0.25) is 0 Å². The minimum absolute atomic E-state index is 0.0167. The fourth-order valence-corrected chi connectivity index (χ4v) is 5.96. The number of unbranched alkanes of at least 4 members (excludes halogenated alkanes) is 1. The Bertz CT molecular complexity index is 624. The van der Waals surface area contributed by atoms with E-state index in [1.165, 1.54) is 24.7 Å². The minimum Gasteiger partial charge on any atom is -0.507 e. The third kappa shape index (κ3) is 8.75. The van der Waals surface area contributed by atoms with Crippen LogP contribution in [0.4, 0.5) is 0 Å². The highest BCUT2D eigenvalue weighted by molar-refractivity contribution is 8.77. The van der Waals surface area contributed by atoms with E-state index in [0.29, 0.717) is 26.1 Å². The molecule has 1 atom stereocenters. The van der Waals surface area contributed by atoms with Crippen LogP contribution in [0, 0.1) is 0 Å². The predicted octanol–water partition coefficient (Wildman–Crippen LogP) is 2.88. The van der Waals surface area contributed by atoms with Crippen molar-refractivity contribution < 1.29 is 14.7 Å². The van der Waals surface area contributed by atoms with E-state index in [1.807, 2.05) is 28.6 Å². The molecule has 1 heterocycles. The molecule has 0 aliphatic carbocycles. The van der Waals surface area contributed by atoms with E-state index in [0.717, 1.165) is 24.6 Å². The van der Waals surface area contributed by atoms with Crippen molar-refractivity contribution in [1.82, 2.24) is 15.5 Å². The molecule has 1 aromatic carbocycles. The number of nitrogens with zero attached hydrogens (tertiary/aromatic N) is 1. The van der Waals surface area contributed by atoms with Gasteiger partial charge in [0, 0.05) is 43.6 Å². The lowest BCUT2D eigenvalue weighted by Gasteiger charge is -2.17. The lowest BCUT2D eigenvalue weighted by atomic mass is 10.1. The maximum absolute atomic E-state index is 12.0. The summed E-state index contributed by atoms with van der Waals surface area (Å²) in [4.78, 5) is 26.0. The fraction of sp³-hybridized carbons (Fsp3) is 0.600. The summed E-state index contributed by atoms with van der Waals surface area (Å²) in [5.74, 6) is 1.09. The van der Waals surface area contributed by atoms with Crippen molar-refractivity contribution in [2.75, 3.05) is 39.0 Å². The zero-order valence-corrected chi connectivity index (χ0v) is 18.1. The van der Waals surface area contributed by atoms with Gasteiger partial charge in [-0.25, -0.2) is 0 Å². The summed E-state index contributed by atoms with van der Waals surface area (Å²) < 4.78 is 0. The lowest BCUT2D eigenvalue weighted by Crippen LogP contribution is -2.37. The van der Waals surface area contributed by atoms with Crippen LogP contribution in [0.25, 0.3) is 0 Å². The molecular weight excluding hydrogens is 394 g/mol. The second-order valence-electron chi connectivity index (χ2n) is 7.00. The van der Waals surface area contributed by atoms with Crippen molar-refractivity contribution in [3.63, 3.8) is 0 Å². The summed E-state index contributed by atoms with van der Waals surface area (Å²) in [7, 11) is 5.92. The molecule has 1 fully saturated rings. The second kappa shape index (κ2) is 13.0. The van der Waals surface area contributed by atoms with Crippen molar-refractivity contribution in [3.05, 3.63) is 29.8 Å². The lowest BCUT2D eigenvalue weighted by molar-refractivity contribution is -0.121. The van der Waals surface area contributed by atoms with Crippen LogP contribution in [0.1, 0.15) is 42.5 Å². The molecule has 2 amide bonds. The third-order valence-electron chi connectivity index (χ3n) is 4.65. The molecule has 1 aliphatic heterocycles. The van der Waals surface area contributed by atoms with Crippen LogP contribution in [-0.2, 0) is 4.79 Å². The molecule has 3 N–H and O–H groups in total. The molecule has 0 spiro atoms. The van der Waals surface area contributed by atoms with E-state index in [2.05, 4.69) is 15.5 Å². The van der Waals surface area contributed by atoms with Crippen LogP contribution in [0.5, 0.6) is 5.75 Å². The van der Waals surface area contributed by atoms with Gasteiger partial charge in [0.05, 0.1) is 5.56 Å². The Balaban J connectivity index is 1.47. The van der Waals surface area contributed by atoms with Gasteiger partial charge in [-0.3, -0.25) is 9.59 Å². The maximum Gasteiger partial charge on any atom is 0.255 e. The van der Waals surface area contributed by atoms with Gasteiger partial charge >= 0.3 is 0 Å². The maximum atomic E-state index is 12.0. The number of rotatable bonds is 12. The molecule has 1 saturated heterocycles. The number of aromatic hydroxyl groups is 1. The number of phenolic OH excluding ortho intramolecular Hbond substituents is 1. The Morgan fingerprint density at radius 2 is 1.93 bits per heavy atom. The molecule has 0 radical (unpaired) electrons. The molecular formula is C20H31N3O3S2. The first kappa shape index (κ1) is 22.9. The standard InChI is InChI=1S/C20H31N3O3S2/c1-23(14-12-22-20(26)17-7-3-4-8-18(17)24)13-11-21-19(25)9-5-2-6-16-10-15-27-28-16/h3-4,7-8,16,24H,2,5-6,9-15H2,1H3,(H,21,25)(H,22,26)/t16-/m0/s1. The number of amides is 2. The van der Waals surface area contributed by atoms with Crippen molar-refractivity contribution in [1.29, 1.82) is 0 Å². The number of carbonyl (C=O) groups excluding carboxylic acids is 2. The molecule has 2 rings (SSSR count). The molecule has 6 nitrogen and oxygen atoms in total. The number of carbonyl (C=O) groups is 2. The first-order valence-corrected chi connectivity index (χ1v) is 12.2. The molecule has 0 saturated carbocycles. The Morgan fingerprint density at radius 1 is 1.18 bits per heavy atom. The highest BCUT2D eigenvalue weighted by Gasteiger charge is 2.15. The highest BCUT2D eigenvalue weighted by atomic mass is 33.1. The number of hydrogen-bond donors (Lipinski definition) is 3. The number of benzene rings is 1. The molecule has 8 heteroatoms. The number of likely N-dealkylation sites (N-methyl/N-ethyl adjacent to an activating group) is 1. The van der Waals surface area contributed by atoms with Gasteiger partial charge in [0.2, 0.25) is 5.91 Å². The second-order valence-corrected chi connectivity index (χ2v) is 9.79. The topological polar surface area (TPSA) is 81.7 Å². The molecule has 0 bridgehead atoms. The largest absolute Gasteiger partial charge is 0.507 e. The van der Waals surface area contributed by atoms with Gasteiger partial charge in [-0.15, -0.1) is 0 Å². The van der Waals surface area contributed by atoms with E-state index in [4.69, 9.17) is 0 Å². The Morgan fingerprint density at radius 3 is 2.64 bits per heavy atom. The Labute approximate surface area is 175 Å². The SMILES string of the molecule is CN(CCNC(=O)CCCC[C@H]1CCSS1)CCNC(=O)c1ccccc1O. The van der Waals surface area contributed by atoms with E-state index in [1.54, 1.807) is 18.2 Å². The van der Waals surface area contributed by atoms with Gasteiger partial charge < -0.3 is 20.6 Å². The molecule has 156 valence electrons. The Hall–Kier alpha value is -1.38.